The summed E-state index contributed by atoms with van der Waals surface area (Å²) in [5.74, 6) is 0.222. The molecule has 1 atom stereocenters. The van der Waals surface area contributed by atoms with E-state index in [0.717, 1.165) is 11.3 Å². The normalized spacial score (nSPS) is 15.8. The van der Waals surface area contributed by atoms with Crippen LogP contribution in [-0.4, -0.2) is 10.9 Å². The second-order valence-corrected chi connectivity index (χ2v) is 6.80. The van der Waals surface area contributed by atoms with Crippen LogP contribution < -0.4 is 10.3 Å². The van der Waals surface area contributed by atoms with E-state index in [1.54, 1.807) is 35.2 Å². The van der Waals surface area contributed by atoms with Gasteiger partial charge in [0.25, 0.3) is 5.91 Å². The standard InChI is InChI=1S/C23H16N2O3/c1-14-8-7-13-18(24-14)25-20(15-9-3-2-4-10-15)19-21(26)16-11-5-6-12-17(16)28-22(19)23(25)27/h2-13,20H,1H3/t20-/m1/s1. The molecule has 0 spiro atoms. The van der Waals surface area contributed by atoms with Crippen molar-refractivity contribution in [1.29, 1.82) is 0 Å². The van der Waals surface area contributed by atoms with Crippen LogP contribution >= 0.6 is 0 Å². The van der Waals surface area contributed by atoms with E-state index in [1.165, 1.54) is 0 Å². The average Bonchev–Trinajstić information content (AvgIpc) is 3.02. The van der Waals surface area contributed by atoms with Crippen molar-refractivity contribution in [2.45, 2.75) is 13.0 Å². The maximum absolute atomic E-state index is 13.3. The number of nitrogens with zero attached hydrogens (tertiary/aromatic N) is 2. The first-order chi connectivity index (χ1) is 13.6. The van der Waals surface area contributed by atoms with Crippen LogP contribution in [-0.2, 0) is 0 Å². The van der Waals surface area contributed by atoms with E-state index in [0.29, 0.717) is 22.4 Å². The molecular weight excluding hydrogens is 352 g/mol. The highest BCUT2D eigenvalue weighted by molar-refractivity contribution is 6.10. The lowest BCUT2D eigenvalue weighted by Gasteiger charge is -2.24. The summed E-state index contributed by atoms with van der Waals surface area (Å²) in [4.78, 5) is 32.8. The number of para-hydroxylation sites is 1. The lowest BCUT2D eigenvalue weighted by molar-refractivity contribution is 0.0970. The Labute approximate surface area is 160 Å². The Morgan fingerprint density at radius 1 is 0.893 bits per heavy atom. The van der Waals surface area contributed by atoms with E-state index in [9.17, 15) is 9.59 Å². The number of anilines is 1. The van der Waals surface area contributed by atoms with Gasteiger partial charge in [-0.1, -0.05) is 48.5 Å². The first kappa shape index (κ1) is 16.4. The number of fused-ring (bicyclic) bond motifs is 2. The second-order valence-electron chi connectivity index (χ2n) is 6.80. The van der Waals surface area contributed by atoms with E-state index in [2.05, 4.69) is 4.98 Å². The fourth-order valence-electron chi connectivity index (χ4n) is 3.77. The van der Waals surface area contributed by atoms with Gasteiger partial charge in [-0.3, -0.25) is 14.5 Å². The molecule has 3 heterocycles. The van der Waals surface area contributed by atoms with Crippen LogP contribution in [0, 0.1) is 6.92 Å². The number of hydrogen-bond acceptors (Lipinski definition) is 4. The highest BCUT2D eigenvalue weighted by atomic mass is 16.3. The first-order valence-electron chi connectivity index (χ1n) is 9.03. The Hall–Kier alpha value is -3.73. The molecule has 1 aliphatic rings. The van der Waals surface area contributed by atoms with Crippen LogP contribution in [0.4, 0.5) is 5.82 Å². The number of carbonyl (C=O) groups excluding carboxylic acids is 1. The minimum absolute atomic E-state index is 0.0841. The van der Waals surface area contributed by atoms with Crippen molar-refractivity contribution in [3.63, 3.8) is 0 Å². The van der Waals surface area contributed by atoms with Gasteiger partial charge in [0.05, 0.1) is 17.0 Å². The third kappa shape index (κ3) is 2.36. The largest absolute Gasteiger partial charge is 0.450 e. The molecule has 0 aliphatic carbocycles. The topological polar surface area (TPSA) is 63.4 Å². The lowest BCUT2D eigenvalue weighted by atomic mass is 9.98. The second kappa shape index (κ2) is 6.16. The van der Waals surface area contributed by atoms with E-state index >= 15 is 0 Å². The predicted octanol–water partition coefficient (Wildman–Crippen LogP) is 4.25. The number of aromatic nitrogens is 1. The van der Waals surface area contributed by atoms with Gasteiger partial charge >= 0.3 is 0 Å². The number of pyridine rings is 1. The molecule has 4 aromatic rings. The molecule has 2 aromatic carbocycles. The number of amides is 1. The maximum Gasteiger partial charge on any atom is 0.296 e. The van der Waals surface area contributed by atoms with E-state index < -0.39 is 6.04 Å². The fraction of sp³-hybridized carbons (Fsp3) is 0.0870. The summed E-state index contributed by atoms with van der Waals surface area (Å²) < 4.78 is 5.91. The molecule has 0 saturated carbocycles. The number of aryl methyl sites for hydroxylation is 1. The van der Waals surface area contributed by atoms with Gasteiger partial charge < -0.3 is 4.42 Å². The van der Waals surface area contributed by atoms with Crippen molar-refractivity contribution >= 4 is 22.7 Å². The Balaban J connectivity index is 1.83. The van der Waals surface area contributed by atoms with Crippen molar-refractivity contribution in [2.24, 2.45) is 0 Å². The van der Waals surface area contributed by atoms with Crippen LogP contribution in [0.15, 0.2) is 82.0 Å². The summed E-state index contributed by atoms with van der Waals surface area (Å²) in [6.45, 7) is 1.87. The zero-order chi connectivity index (χ0) is 19.3. The molecule has 28 heavy (non-hydrogen) atoms. The van der Waals surface area contributed by atoms with Gasteiger partial charge in [0.15, 0.2) is 5.43 Å². The van der Waals surface area contributed by atoms with Gasteiger partial charge in [0.2, 0.25) is 5.76 Å². The Morgan fingerprint density at radius 3 is 2.43 bits per heavy atom. The number of hydrogen-bond donors (Lipinski definition) is 0. The van der Waals surface area contributed by atoms with Crippen molar-refractivity contribution in [3.05, 3.63) is 106 Å². The highest BCUT2D eigenvalue weighted by Gasteiger charge is 2.44. The van der Waals surface area contributed by atoms with E-state index in [-0.39, 0.29) is 17.1 Å². The lowest BCUT2D eigenvalue weighted by Crippen LogP contribution is -2.30. The summed E-state index contributed by atoms with van der Waals surface area (Å²) >= 11 is 0. The molecular formula is C23H16N2O3. The molecule has 0 N–H and O–H groups in total. The molecule has 136 valence electrons. The molecule has 1 aliphatic heterocycles. The smallest absolute Gasteiger partial charge is 0.296 e. The molecule has 1 amide bonds. The molecule has 0 saturated heterocycles. The van der Waals surface area contributed by atoms with E-state index in [4.69, 9.17) is 4.42 Å². The SMILES string of the molecule is Cc1cccc(N2C(=O)c3oc4ccccc4c(=O)c3[C@H]2c2ccccc2)n1. The number of rotatable bonds is 2. The number of carbonyl (C=O) groups is 1. The van der Waals surface area contributed by atoms with Gasteiger partial charge in [0, 0.05) is 5.69 Å². The Kier molecular flexibility index (Phi) is 3.62. The molecule has 5 nitrogen and oxygen atoms in total. The van der Waals surface area contributed by atoms with Crippen LogP contribution in [0.25, 0.3) is 11.0 Å². The minimum atomic E-state index is -0.584. The highest BCUT2D eigenvalue weighted by Crippen LogP contribution is 2.40. The monoisotopic (exact) mass is 368 g/mol. The van der Waals surface area contributed by atoms with Crippen LogP contribution in [0.1, 0.15) is 33.4 Å². The number of benzene rings is 2. The summed E-state index contributed by atoms with van der Waals surface area (Å²) in [5.41, 5.74) is 2.20. The van der Waals surface area contributed by atoms with Gasteiger partial charge in [0.1, 0.15) is 11.4 Å². The molecule has 2 aromatic heterocycles. The molecule has 5 heteroatoms. The molecule has 0 radical (unpaired) electrons. The van der Waals surface area contributed by atoms with Crippen molar-refractivity contribution in [1.82, 2.24) is 4.98 Å². The summed E-state index contributed by atoms with van der Waals surface area (Å²) in [5, 5.41) is 0.467. The zero-order valence-corrected chi connectivity index (χ0v) is 15.1. The molecule has 0 bridgehead atoms. The van der Waals surface area contributed by atoms with Crippen molar-refractivity contribution in [3.8, 4) is 0 Å². The summed E-state index contributed by atoms with van der Waals surface area (Å²) in [6, 6.07) is 21.4. The van der Waals surface area contributed by atoms with E-state index in [1.807, 2.05) is 49.4 Å². The maximum atomic E-state index is 13.3. The fourth-order valence-corrected chi connectivity index (χ4v) is 3.77. The van der Waals surface area contributed by atoms with Crippen molar-refractivity contribution in [2.75, 3.05) is 4.90 Å². The first-order valence-corrected chi connectivity index (χ1v) is 9.03. The van der Waals surface area contributed by atoms with Gasteiger partial charge in [-0.2, -0.15) is 0 Å². The Morgan fingerprint density at radius 2 is 1.64 bits per heavy atom. The van der Waals surface area contributed by atoms with Crippen LogP contribution in [0.3, 0.4) is 0 Å². The molecule has 0 fully saturated rings. The van der Waals surface area contributed by atoms with Crippen LogP contribution in [0.2, 0.25) is 0 Å². The van der Waals surface area contributed by atoms with Crippen molar-refractivity contribution < 1.29 is 9.21 Å². The minimum Gasteiger partial charge on any atom is -0.450 e. The summed E-state index contributed by atoms with van der Waals surface area (Å²) in [7, 11) is 0. The van der Waals surface area contributed by atoms with Gasteiger partial charge in [-0.05, 0) is 36.8 Å². The summed E-state index contributed by atoms with van der Waals surface area (Å²) in [6.07, 6.45) is 0. The average molecular weight is 368 g/mol. The van der Waals surface area contributed by atoms with Crippen LogP contribution in [0.5, 0.6) is 0 Å². The van der Waals surface area contributed by atoms with Gasteiger partial charge in [-0.15, -0.1) is 0 Å². The third-order valence-corrected chi connectivity index (χ3v) is 5.01. The van der Waals surface area contributed by atoms with Gasteiger partial charge in [-0.25, -0.2) is 4.98 Å². The Bertz CT molecular complexity index is 1280. The molecule has 0 unspecified atom stereocenters. The zero-order valence-electron chi connectivity index (χ0n) is 15.1. The molecule has 5 rings (SSSR count). The predicted molar refractivity (Wildman–Crippen MR) is 107 cm³/mol. The third-order valence-electron chi connectivity index (χ3n) is 5.01. The quantitative estimate of drug-likeness (QED) is 0.531.